The Morgan fingerprint density at radius 1 is 1.09 bits per heavy atom. The lowest BCUT2D eigenvalue weighted by atomic mass is 9.93. The van der Waals surface area contributed by atoms with Crippen molar-refractivity contribution in [3.05, 3.63) is 69.3 Å². The summed E-state index contributed by atoms with van der Waals surface area (Å²) < 4.78 is 0. The fourth-order valence-electron chi connectivity index (χ4n) is 3.49. The summed E-state index contributed by atoms with van der Waals surface area (Å²) in [6, 6.07) is 14.5. The number of likely N-dealkylation sites (N-methyl/N-ethyl adjacent to an activating group) is 1. The molecule has 0 fully saturated rings. The number of para-hydroxylation sites is 1. The molecular weight excluding hydrogens is 315 g/mol. The summed E-state index contributed by atoms with van der Waals surface area (Å²) in [6.07, 6.45) is 1.05. The third-order valence-corrected chi connectivity index (χ3v) is 5.38. The van der Waals surface area contributed by atoms with Crippen LogP contribution in [-0.4, -0.2) is 23.5 Å². The average molecular weight is 331 g/mol. The van der Waals surface area contributed by atoms with Gasteiger partial charge in [0.2, 0.25) is 0 Å². The van der Waals surface area contributed by atoms with Gasteiger partial charge < -0.3 is 4.98 Å². The molecule has 22 heavy (non-hydrogen) atoms. The van der Waals surface area contributed by atoms with E-state index in [2.05, 4.69) is 47.3 Å². The molecule has 0 aliphatic carbocycles. The normalized spacial score (nSPS) is 18.6. The molecule has 1 aliphatic rings. The predicted molar refractivity (Wildman–Crippen MR) is 92.9 cm³/mol. The summed E-state index contributed by atoms with van der Waals surface area (Å²) in [5.41, 5.74) is 4.88. The first kappa shape index (κ1) is 14.1. The van der Waals surface area contributed by atoms with Crippen LogP contribution in [0.15, 0.2) is 42.5 Å². The van der Waals surface area contributed by atoms with Gasteiger partial charge in [-0.3, -0.25) is 4.90 Å². The highest BCUT2D eigenvalue weighted by Crippen LogP contribution is 2.41. The maximum atomic E-state index is 6.48. The Hall–Kier alpha value is -1.48. The summed E-state index contributed by atoms with van der Waals surface area (Å²) in [6.45, 7) is 1.00. The van der Waals surface area contributed by atoms with Gasteiger partial charge >= 0.3 is 0 Å². The molecule has 2 aromatic carbocycles. The Balaban J connectivity index is 1.96. The maximum Gasteiger partial charge on any atom is 0.0769 e. The van der Waals surface area contributed by atoms with Gasteiger partial charge in [-0.1, -0.05) is 53.5 Å². The molecule has 4 heteroatoms. The Labute approximate surface area is 139 Å². The summed E-state index contributed by atoms with van der Waals surface area (Å²) >= 11 is 12.7. The van der Waals surface area contributed by atoms with Gasteiger partial charge in [-0.25, -0.2) is 0 Å². The van der Waals surface area contributed by atoms with Gasteiger partial charge in [0, 0.05) is 23.1 Å². The number of nitrogens with one attached hydrogen (secondary N) is 1. The van der Waals surface area contributed by atoms with E-state index >= 15 is 0 Å². The molecule has 4 rings (SSSR count). The Kier molecular flexibility index (Phi) is 3.41. The van der Waals surface area contributed by atoms with Gasteiger partial charge in [-0.05, 0) is 36.7 Å². The number of halogens is 2. The number of hydrogen-bond acceptors (Lipinski definition) is 1. The molecule has 1 unspecified atom stereocenters. The molecule has 1 atom stereocenters. The first-order chi connectivity index (χ1) is 10.7. The zero-order valence-electron chi connectivity index (χ0n) is 12.2. The molecule has 2 nitrogen and oxygen atoms in total. The number of benzene rings is 2. The van der Waals surface area contributed by atoms with Gasteiger partial charge in [0.05, 0.1) is 16.1 Å². The summed E-state index contributed by atoms with van der Waals surface area (Å²) in [5, 5.41) is 2.57. The fraction of sp³-hybridized carbons (Fsp3) is 0.222. The summed E-state index contributed by atoms with van der Waals surface area (Å²) in [7, 11) is 2.14. The van der Waals surface area contributed by atoms with E-state index in [-0.39, 0.29) is 6.04 Å². The monoisotopic (exact) mass is 330 g/mol. The Morgan fingerprint density at radius 3 is 2.77 bits per heavy atom. The minimum absolute atomic E-state index is 0.113. The van der Waals surface area contributed by atoms with Gasteiger partial charge in [0.25, 0.3) is 0 Å². The Bertz CT molecular complexity index is 853. The number of nitrogens with zero attached hydrogens (tertiary/aromatic N) is 1. The van der Waals surface area contributed by atoms with Crippen molar-refractivity contribution in [2.24, 2.45) is 0 Å². The van der Waals surface area contributed by atoms with Crippen molar-refractivity contribution in [2.45, 2.75) is 12.5 Å². The first-order valence-electron chi connectivity index (χ1n) is 7.40. The highest BCUT2D eigenvalue weighted by atomic mass is 35.5. The van der Waals surface area contributed by atoms with Gasteiger partial charge in [0.15, 0.2) is 0 Å². The molecule has 0 bridgehead atoms. The Morgan fingerprint density at radius 2 is 1.91 bits per heavy atom. The van der Waals surface area contributed by atoms with E-state index < -0.39 is 0 Å². The van der Waals surface area contributed by atoms with Crippen LogP contribution in [-0.2, 0) is 6.42 Å². The quantitative estimate of drug-likeness (QED) is 0.661. The van der Waals surface area contributed by atoms with E-state index in [9.17, 15) is 0 Å². The van der Waals surface area contributed by atoms with Crippen molar-refractivity contribution in [1.82, 2.24) is 9.88 Å². The highest BCUT2D eigenvalue weighted by molar-refractivity contribution is 6.42. The minimum atomic E-state index is 0.113. The molecule has 0 saturated carbocycles. The van der Waals surface area contributed by atoms with Crippen LogP contribution in [0.2, 0.25) is 10.0 Å². The lowest BCUT2D eigenvalue weighted by molar-refractivity contribution is 0.262. The van der Waals surface area contributed by atoms with Gasteiger partial charge in [-0.2, -0.15) is 0 Å². The minimum Gasteiger partial charge on any atom is -0.357 e. The van der Waals surface area contributed by atoms with E-state index in [4.69, 9.17) is 23.2 Å². The van der Waals surface area contributed by atoms with Crippen LogP contribution in [0.4, 0.5) is 0 Å². The van der Waals surface area contributed by atoms with E-state index in [1.165, 1.54) is 22.2 Å². The topological polar surface area (TPSA) is 19.0 Å². The maximum absolute atomic E-state index is 6.48. The molecule has 1 N–H and O–H groups in total. The first-order valence-corrected chi connectivity index (χ1v) is 8.16. The van der Waals surface area contributed by atoms with Crippen LogP contribution in [0.5, 0.6) is 0 Å². The molecule has 1 aromatic heterocycles. The van der Waals surface area contributed by atoms with Crippen molar-refractivity contribution >= 4 is 34.1 Å². The summed E-state index contributed by atoms with van der Waals surface area (Å²) in [5.74, 6) is 0. The van der Waals surface area contributed by atoms with E-state index in [1.807, 2.05) is 12.1 Å². The smallest absolute Gasteiger partial charge is 0.0769 e. The third kappa shape index (κ3) is 2.06. The third-order valence-electron chi connectivity index (χ3n) is 4.55. The molecule has 2 heterocycles. The molecule has 0 radical (unpaired) electrons. The zero-order chi connectivity index (χ0) is 15.3. The zero-order valence-corrected chi connectivity index (χ0v) is 13.7. The van der Waals surface area contributed by atoms with Crippen LogP contribution in [0, 0.1) is 0 Å². The average Bonchev–Trinajstić information content (AvgIpc) is 2.89. The molecule has 0 spiro atoms. The van der Waals surface area contributed by atoms with Crippen molar-refractivity contribution in [1.29, 1.82) is 0 Å². The largest absolute Gasteiger partial charge is 0.357 e. The molecule has 112 valence electrons. The molecule has 3 aromatic rings. The van der Waals surface area contributed by atoms with Crippen LogP contribution < -0.4 is 0 Å². The van der Waals surface area contributed by atoms with E-state index in [1.54, 1.807) is 0 Å². The van der Waals surface area contributed by atoms with E-state index in [0.29, 0.717) is 10.0 Å². The number of aromatic nitrogens is 1. The van der Waals surface area contributed by atoms with Crippen LogP contribution in [0.1, 0.15) is 22.9 Å². The van der Waals surface area contributed by atoms with Gasteiger partial charge in [-0.15, -0.1) is 0 Å². The van der Waals surface area contributed by atoms with Crippen LogP contribution in [0.25, 0.3) is 10.9 Å². The second-order valence-electron chi connectivity index (χ2n) is 5.84. The molecule has 0 amide bonds. The number of rotatable bonds is 1. The predicted octanol–water partition coefficient (Wildman–Crippen LogP) is 5.05. The van der Waals surface area contributed by atoms with Crippen LogP contribution >= 0.6 is 23.2 Å². The highest BCUT2D eigenvalue weighted by Gasteiger charge is 2.31. The van der Waals surface area contributed by atoms with E-state index in [0.717, 1.165) is 18.5 Å². The second-order valence-corrected chi connectivity index (χ2v) is 6.62. The summed E-state index contributed by atoms with van der Waals surface area (Å²) in [4.78, 5) is 5.93. The van der Waals surface area contributed by atoms with Crippen molar-refractivity contribution < 1.29 is 0 Å². The van der Waals surface area contributed by atoms with Crippen LogP contribution in [0.3, 0.4) is 0 Å². The molecule has 0 saturated heterocycles. The SMILES string of the molecule is CN1CCc2c([nH]c3ccccc23)C1c1cccc(Cl)c1Cl. The van der Waals surface area contributed by atoms with Crippen molar-refractivity contribution in [3.63, 3.8) is 0 Å². The lowest BCUT2D eigenvalue weighted by Gasteiger charge is -2.33. The fourth-order valence-corrected chi connectivity index (χ4v) is 3.90. The van der Waals surface area contributed by atoms with Crippen molar-refractivity contribution in [2.75, 3.05) is 13.6 Å². The lowest BCUT2D eigenvalue weighted by Crippen LogP contribution is -2.32. The number of H-pyrrole nitrogens is 1. The standard InChI is InChI=1S/C18H16Cl2N2/c1-22-10-9-12-11-5-2-3-8-15(11)21-17(12)18(22)13-6-4-7-14(19)16(13)20/h2-8,18,21H,9-10H2,1H3. The number of fused-ring (bicyclic) bond motifs is 3. The number of hydrogen-bond donors (Lipinski definition) is 1. The molecular formula is C18H16Cl2N2. The van der Waals surface area contributed by atoms with Crippen molar-refractivity contribution in [3.8, 4) is 0 Å². The van der Waals surface area contributed by atoms with Gasteiger partial charge in [0.1, 0.15) is 0 Å². The molecule has 1 aliphatic heterocycles. The second kappa shape index (κ2) is 5.31. The number of aromatic amines is 1.